The van der Waals surface area contributed by atoms with E-state index in [0.29, 0.717) is 19.0 Å². The Morgan fingerprint density at radius 3 is 2.96 bits per heavy atom. The van der Waals surface area contributed by atoms with Crippen LogP contribution in [0, 0.1) is 5.92 Å². The van der Waals surface area contributed by atoms with E-state index in [1.165, 1.54) is 0 Å². The van der Waals surface area contributed by atoms with Gasteiger partial charge in [-0.25, -0.2) is 9.97 Å². The first-order valence-corrected chi connectivity index (χ1v) is 9.00. The van der Waals surface area contributed by atoms with Crippen molar-refractivity contribution in [2.45, 2.75) is 51.2 Å². The number of amides is 1. The Morgan fingerprint density at radius 2 is 2.28 bits per heavy atom. The van der Waals surface area contributed by atoms with Crippen LogP contribution in [0.2, 0.25) is 0 Å². The van der Waals surface area contributed by atoms with E-state index in [9.17, 15) is 9.59 Å². The van der Waals surface area contributed by atoms with Crippen LogP contribution in [0.25, 0.3) is 0 Å². The Labute approximate surface area is 147 Å². The molecule has 3 aliphatic heterocycles. The molecule has 0 spiro atoms. The number of ether oxygens (including phenoxy) is 1. The summed E-state index contributed by atoms with van der Waals surface area (Å²) in [6.07, 6.45) is 3.85. The van der Waals surface area contributed by atoms with Gasteiger partial charge in [0, 0.05) is 43.7 Å². The summed E-state index contributed by atoms with van der Waals surface area (Å²) in [7, 11) is 0. The number of hydrogen-bond acceptors (Lipinski definition) is 6. The van der Waals surface area contributed by atoms with Gasteiger partial charge in [-0.15, -0.1) is 0 Å². The van der Waals surface area contributed by atoms with Gasteiger partial charge in [-0.05, 0) is 26.8 Å². The number of esters is 1. The molecule has 1 aromatic rings. The standard InChI is InChI=1S/C18H24N4O3/c1-18(2)13(7-15(23)25-18)17(24)22-6-4-14-12(10-22)9-20-16(21-14)11-3-5-19-8-11/h9,11,13,19H,3-8,10H2,1-2H3/t11-,13+/m1/s1. The Hall–Kier alpha value is -2.02. The Morgan fingerprint density at radius 1 is 1.44 bits per heavy atom. The number of carbonyl (C=O) groups excluding carboxylic acids is 2. The van der Waals surface area contributed by atoms with Crippen LogP contribution in [-0.2, 0) is 27.3 Å². The summed E-state index contributed by atoms with van der Waals surface area (Å²) in [6, 6.07) is 0. The Bertz CT molecular complexity index is 712. The molecule has 1 aromatic heterocycles. The molecule has 1 N–H and O–H groups in total. The van der Waals surface area contributed by atoms with Gasteiger partial charge in [0.1, 0.15) is 11.4 Å². The second kappa shape index (κ2) is 6.05. The molecule has 0 aliphatic carbocycles. The fraction of sp³-hybridized carbons (Fsp3) is 0.667. The summed E-state index contributed by atoms with van der Waals surface area (Å²) < 4.78 is 5.30. The molecule has 134 valence electrons. The number of aromatic nitrogens is 2. The largest absolute Gasteiger partial charge is 0.459 e. The first-order chi connectivity index (χ1) is 11.9. The van der Waals surface area contributed by atoms with Crippen LogP contribution in [0.4, 0.5) is 0 Å². The van der Waals surface area contributed by atoms with Crippen LogP contribution in [0.3, 0.4) is 0 Å². The molecule has 7 heteroatoms. The van der Waals surface area contributed by atoms with Gasteiger partial charge < -0.3 is 15.0 Å². The number of cyclic esters (lactones) is 1. The molecule has 2 atom stereocenters. The monoisotopic (exact) mass is 344 g/mol. The molecule has 0 bridgehead atoms. The molecular weight excluding hydrogens is 320 g/mol. The number of hydrogen-bond donors (Lipinski definition) is 1. The minimum atomic E-state index is -0.732. The summed E-state index contributed by atoms with van der Waals surface area (Å²) >= 11 is 0. The quantitative estimate of drug-likeness (QED) is 0.798. The van der Waals surface area contributed by atoms with Gasteiger partial charge >= 0.3 is 5.97 Å². The van der Waals surface area contributed by atoms with Crippen LogP contribution < -0.4 is 5.32 Å². The second-order valence-corrected chi connectivity index (χ2v) is 7.73. The van der Waals surface area contributed by atoms with Gasteiger partial charge in [0.15, 0.2) is 0 Å². The van der Waals surface area contributed by atoms with E-state index >= 15 is 0 Å². The zero-order chi connectivity index (χ0) is 17.6. The first kappa shape index (κ1) is 16.4. The molecule has 25 heavy (non-hydrogen) atoms. The molecule has 3 aliphatic rings. The smallest absolute Gasteiger partial charge is 0.307 e. The van der Waals surface area contributed by atoms with Crippen LogP contribution in [-0.4, -0.2) is 52.0 Å². The normalized spacial score (nSPS) is 27.9. The fourth-order valence-corrected chi connectivity index (χ4v) is 4.02. The molecule has 2 fully saturated rings. The molecule has 0 unspecified atom stereocenters. The zero-order valence-electron chi connectivity index (χ0n) is 14.7. The maximum atomic E-state index is 12.9. The topological polar surface area (TPSA) is 84.4 Å². The van der Waals surface area contributed by atoms with E-state index < -0.39 is 11.5 Å². The number of carbonyl (C=O) groups is 2. The Kier molecular flexibility index (Phi) is 3.98. The van der Waals surface area contributed by atoms with Crippen molar-refractivity contribution in [3.05, 3.63) is 23.3 Å². The highest BCUT2D eigenvalue weighted by atomic mass is 16.6. The van der Waals surface area contributed by atoms with Crippen molar-refractivity contribution in [1.29, 1.82) is 0 Å². The molecule has 0 aromatic carbocycles. The second-order valence-electron chi connectivity index (χ2n) is 7.73. The van der Waals surface area contributed by atoms with E-state index in [0.717, 1.165) is 43.0 Å². The summed E-state index contributed by atoms with van der Waals surface area (Å²) in [5.74, 6) is 0.600. The number of fused-ring (bicyclic) bond motifs is 1. The lowest BCUT2D eigenvalue weighted by Crippen LogP contribution is -2.45. The van der Waals surface area contributed by atoms with Crippen molar-refractivity contribution in [3.63, 3.8) is 0 Å². The predicted octanol–water partition coefficient (Wildman–Crippen LogP) is 0.780. The van der Waals surface area contributed by atoms with Gasteiger partial charge in [-0.2, -0.15) is 0 Å². The highest BCUT2D eigenvalue weighted by molar-refractivity contribution is 5.87. The van der Waals surface area contributed by atoms with Gasteiger partial charge in [-0.1, -0.05) is 0 Å². The van der Waals surface area contributed by atoms with Crippen molar-refractivity contribution >= 4 is 11.9 Å². The highest BCUT2D eigenvalue weighted by Gasteiger charge is 2.47. The number of rotatable bonds is 2. The SMILES string of the molecule is CC1(C)OC(=O)C[C@H]1C(=O)N1CCc2nc([C@@H]3CCNC3)ncc2C1. The van der Waals surface area contributed by atoms with Gasteiger partial charge in [0.25, 0.3) is 0 Å². The van der Waals surface area contributed by atoms with Crippen LogP contribution in [0.15, 0.2) is 6.20 Å². The lowest BCUT2D eigenvalue weighted by molar-refractivity contribution is -0.149. The summed E-state index contributed by atoms with van der Waals surface area (Å²) in [5.41, 5.74) is 1.33. The van der Waals surface area contributed by atoms with Crippen molar-refractivity contribution in [1.82, 2.24) is 20.2 Å². The maximum Gasteiger partial charge on any atom is 0.307 e. The van der Waals surface area contributed by atoms with Crippen LogP contribution >= 0.6 is 0 Å². The average molecular weight is 344 g/mol. The molecule has 1 amide bonds. The summed E-state index contributed by atoms with van der Waals surface area (Å²) in [6.45, 7) is 6.72. The molecule has 0 radical (unpaired) electrons. The maximum absolute atomic E-state index is 12.9. The van der Waals surface area contributed by atoms with Gasteiger partial charge in [0.05, 0.1) is 18.0 Å². The third-order valence-corrected chi connectivity index (χ3v) is 5.57. The van der Waals surface area contributed by atoms with Gasteiger partial charge in [0.2, 0.25) is 5.91 Å². The van der Waals surface area contributed by atoms with Crippen LogP contribution in [0.5, 0.6) is 0 Å². The van der Waals surface area contributed by atoms with Crippen molar-refractivity contribution < 1.29 is 14.3 Å². The van der Waals surface area contributed by atoms with Crippen LogP contribution in [0.1, 0.15) is 49.7 Å². The van der Waals surface area contributed by atoms with Crippen molar-refractivity contribution in [3.8, 4) is 0 Å². The minimum Gasteiger partial charge on any atom is -0.459 e. The Balaban J connectivity index is 1.49. The third kappa shape index (κ3) is 3.01. The lowest BCUT2D eigenvalue weighted by atomic mass is 9.89. The van der Waals surface area contributed by atoms with Crippen molar-refractivity contribution in [2.75, 3.05) is 19.6 Å². The van der Waals surface area contributed by atoms with E-state index in [1.807, 2.05) is 24.9 Å². The van der Waals surface area contributed by atoms with Crippen molar-refractivity contribution in [2.24, 2.45) is 5.92 Å². The van der Waals surface area contributed by atoms with E-state index in [-0.39, 0.29) is 18.3 Å². The van der Waals surface area contributed by atoms with Gasteiger partial charge in [-0.3, -0.25) is 9.59 Å². The molecule has 4 rings (SSSR count). The molecule has 0 saturated carbocycles. The number of nitrogens with one attached hydrogen (secondary N) is 1. The average Bonchev–Trinajstić information content (AvgIpc) is 3.20. The lowest BCUT2D eigenvalue weighted by Gasteiger charge is -2.33. The summed E-state index contributed by atoms with van der Waals surface area (Å²) in [5, 5.41) is 3.34. The fourth-order valence-electron chi connectivity index (χ4n) is 4.02. The van der Waals surface area contributed by atoms with E-state index in [2.05, 4.69) is 10.3 Å². The first-order valence-electron chi connectivity index (χ1n) is 9.00. The zero-order valence-corrected chi connectivity index (χ0v) is 14.7. The van der Waals surface area contributed by atoms with E-state index in [1.54, 1.807) is 0 Å². The molecule has 4 heterocycles. The van der Waals surface area contributed by atoms with E-state index in [4.69, 9.17) is 9.72 Å². The molecule has 2 saturated heterocycles. The molecular formula is C18H24N4O3. The summed E-state index contributed by atoms with van der Waals surface area (Å²) in [4.78, 5) is 35.6. The predicted molar refractivity (Wildman–Crippen MR) is 89.7 cm³/mol. The highest BCUT2D eigenvalue weighted by Crippen LogP contribution is 2.35. The number of nitrogens with zero attached hydrogens (tertiary/aromatic N) is 3. The third-order valence-electron chi connectivity index (χ3n) is 5.57. The molecule has 7 nitrogen and oxygen atoms in total. The minimum absolute atomic E-state index is 0.00873.